The first-order valence-corrected chi connectivity index (χ1v) is 5.93. The van der Waals surface area contributed by atoms with Gasteiger partial charge in [0.25, 0.3) is 0 Å². The predicted molar refractivity (Wildman–Crippen MR) is 73.2 cm³/mol. The maximum atomic E-state index is 6.21. The Balaban J connectivity index is 0.00000128. The Morgan fingerprint density at radius 3 is 2.56 bits per heavy atom. The summed E-state index contributed by atoms with van der Waals surface area (Å²) in [6, 6.07) is 6.40. The van der Waals surface area contributed by atoms with Crippen LogP contribution in [0.5, 0.6) is 0 Å². The van der Waals surface area contributed by atoms with Crippen molar-refractivity contribution in [2.24, 2.45) is 0 Å². The van der Waals surface area contributed by atoms with Crippen molar-refractivity contribution in [3.05, 3.63) is 28.8 Å². The molecule has 4 heteroatoms. The second kappa shape index (κ2) is 6.33. The Bertz CT molecular complexity index is 336. The molecule has 1 N–H and O–H groups in total. The van der Waals surface area contributed by atoms with Crippen LogP contribution in [0.3, 0.4) is 0 Å². The van der Waals surface area contributed by atoms with Gasteiger partial charge in [-0.05, 0) is 24.1 Å². The lowest BCUT2D eigenvalue weighted by molar-refractivity contribution is 0.589. The fraction of sp³-hybridized carbons (Fsp3) is 0.500. The van der Waals surface area contributed by atoms with Gasteiger partial charge in [0.2, 0.25) is 0 Å². The molecule has 1 fully saturated rings. The quantitative estimate of drug-likeness (QED) is 0.880. The summed E-state index contributed by atoms with van der Waals surface area (Å²) in [7, 11) is 0. The predicted octanol–water partition coefficient (Wildman–Crippen LogP) is 2.73. The van der Waals surface area contributed by atoms with E-state index in [-0.39, 0.29) is 12.4 Å². The standard InChI is InChI=1S/C12H17ClN2.ClH/c1-2-10-3-4-11(9-12(10)13)15-7-5-14-6-8-15;/h3-4,9,14H,2,5-8H2,1H3;1H. The maximum absolute atomic E-state index is 6.21. The minimum atomic E-state index is 0. The molecular formula is C12H18Cl2N2. The largest absolute Gasteiger partial charge is 0.369 e. The highest BCUT2D eigenvalue weighted by Gasteiger charge is 2.11. The lowest BCUT2D eigenvalue weighted by Crippen LogP contribution is -2.43. The molecule has 0 aliphatic carbocycles. The van der Waals surface area contributed by atoms with Crippen molar-refractivity contribution in [2.75, 3.05) is 31.1 Å². The fourth-order valence-corrected chi connectivity index (χ4v) is 2.25. The first-order valence-electron chi connectivity index (χ1n) is 5.55. The normalized spacial score (nSPS) is 15.8. The molecule has 0 spiro atoms. The zero-order valence-electron chi connectivity index (χ0n) is 9.50. The Morgan fingerprint density at radius 2 is 2.00 bits per heavy atom. The van der Waals surface area contributed by atoms with E-state index in [9.17, 15) is 0 Å². The number of piperazine rings is 1. The van der Waals surface area contributed by atoms with E-state index in [0.29, 0.717) is 0 Å². The summed E-state index contributed by atoms with van der Waals surface area (Å²) < 4.78 is 0. The second-order valence-electron chi connectivity index (χ2n) is 3.87. The van der Waals surface area contributed by atoms with Crippen molar-refractivity contribution in [3.63, 3.8) is 0 Å². The Morgan fingerprint density at radius 1 is 1.31 bits per heavy atom. The van der Waals surface area contributed by atoms with E-state index in [1.807, 2.05) is 0 Å². The molecule has 1 aromatic rings. The number of rotatable bonds is 2. The molecule has 2 nitrogen and oxygen atoms in total. The van der Waals surface area contributed by atoms with Crippen LogP contribution in [-0.2, 0) is 6.42 Å². The number of nitrogens with one attached hydrogen (secondary N) is 1. The molecule has 0 aromatic heterocycles. The van der Waals surface area contributed by atoms with E-state index in [1.54, 1.807) is 0 Å². The minimum Gasteiger partial charge on any atom is -0.369 e. The summed E-state index contributed by atoms with van der Waals surface area (Å²) in [5, 5.41) is 4.24. The number of halogens is 2. The summed E-state index contributed by atoms with van der Waals surface area (Å²) >= 11 is 6.21. The number of benzene rings is 1. The van der Waals surface area contributed by atoms with Gasteiger partial charge in [-0.3, -0.25) is 0 Å². The van der Waals surface area contributed by atoms with Crippen molar-refractivity contribution in [1.29, 1.82) is 0 Å². The van der Waals surface area contributed by atoms with E-state index >= 15 is 0 Å². The summed E-state index contributed by atoms with van der Waals surface area (Å²) in [6.45, 7) is 6.40. The topological polar surface area (TPSA) is 15.3 Å². The van der Waals surface area contributed by atoms with E-state index in [4.69, 9.17) is 11.6 Å². The monoisotopic (exact) mass is 260 g/mol. The lowest BCUT2D eigenvalue weighted by Gasteiger charge is -2.29. The van der Waals surface area contributed by atoms with Crippen LogP contribution >= 0.6 is 24.0 Å². The molecule has 1 heterocycles. The average Bonchev–Trinajstić information content (AvgIpc) is 2.30. The first-order chi connectivity index (χ1) is 7.31. The minimum absolute atomic E-state index is 0. The van der Waals surface area contributed by atoms with E-state index in [0.717, 1.165) is 37.6 Å². The summed E-state index contributed by atoms with van der Waals surface area (Å²) in [5.74, 6) is 0. The zero-order valence-corrected chi connectivity index (χ0v) is 11.1. The van der Waals surface area contributed by atoms with Crippen LogP contribution in [0.1, 0.15) is 12.5 Å². The van der Waals surface area contributed by atoms with Gasteiger partial charge >= 0.3 is 0 Å². The molecule has 0 atom stereocenters. The molecule has 0 radical (unpaired) electrons. The summed E-state index contributed by atoms with van der Waals surface area (Å²) in [4.78, 5) is 2.38. The molecule has 1 aliphatic rings. The Kier molecular flexibility index (Phi) is 5.39. The van der Waals surface area contributed by atoms with Crippen molar-refractivity contribution in [1.82, 2.24) is 5.32 Å². The van der Waals surface area contributed by atoms with E-state index in [1.165, 1.54) is 11.3 Å². The van der Waals surface area contributed by atoms with Gasteiger partial charge in [0.05, 0.1) is 0 Å². The maximum Gasteiger partial charge on any atom is 0.0458 e. The number of nitrogens with zero attached hydrogens (tertiary/aromatic N) is 1. The van der Waals surface area contributed by atoms with Gasteiger partial charge in [0.1, 0.15) is 0 Å². The molecule has 0 bridgehead atoms. The van der Waals surface area contributed by atoms with Crippen molar-refractivity contribution >= 4 is 29.7 Å². The molecule has 16 heavy (non-hydrogen) atoms. The molecule has 0 unspecified atom stereocenters. The molecule has 1 saturated heterocycles. The van der Waals surface area contributed by atoms with Crippen LogP contribution in [-0.4, -0.2) is 26.2 Å². The highest BCUT2D eigenvalue weighted by molar-refractivity contribution is 6.31. The molecule has 1 aromatic carbocycles. The van der Waals surface area contributed by atoms with Gasteiger partial charge < -0.3 is 10.2 Å². The number of aryl methyl sites for hydroxylation is 1. The highest BCUT2D eigenvalue weighted by atomic mass is 35.5. The highest BCUT2D eigenvalue weighted by Crippen LogP contribution is 2.24. The lowest BCUT2D eigenvalue weighted by atomic mass is 10.1. The van der Waals surface area contributed by atoms with Crippen LogP contribution in [0.4, 0.5) is 5.69 Å². The van der Waals surface area contributed by atoms with Gasteiger partial charge in [-0.2, -0.15) is 0 Å². The van der Waals surface area contributed by atoms with Crippen LogP contribution in [0.2, 0.25) is 5.02 Å². The Labute approximate surface area is 108 Å². The summed E-state index contributed by atoms with van der Waals surface area (Å²) in [6.07, 6.45) is 1.00. The number of hydrogen-bond acceptors (Lipinski definition) is 2. The average molecular weight is 261 g/mol. The van der Waals surface area contributed by atoms with Gasteiger partial charge in [0.15, 0.2) is 0 Å². The number of anilines is 1. The van der Waals surface area contributed by atoms with Gasteiger partial charge in [0, 0.05) is 36.9 Å². The molecule has 0 amide bonds. The fourth-order valence-electron chi connectivity index (χ4n) is 1.94. The third kappa shape index (κ3) is 3.03. The van der Waals surface area contributed by atoms with Crippen LogP contribution in [0.15, 0.2) is 18.2 Å². The molecule has 90 valence electrons. The van der Waals surface area contributed by atoms with Gasteiger partial charge in [-0.1, -0.05) is 24.6 Å². The van der Waals surface area contributed by atoms with Gasteiger partial charge in [-0.15, -0.1) is 12.4 Å². The number of hydrogen-bond donors (Lipinski definition) is 1. The molecule has 2 rings (SSSR count). The molecule has 1 aliphatic heterocycles. The third-order valence-corrected chi connectivity index (χ3v) is 3.25. The van der Waals surface area contributed by atoms with Crippen molar-refractivity contribution in [2.45, 2.75) is 13.3 Å². The second-order valence-corrected chi connectivity index (χ2v) is 4.27. The third-order valence-electron chi connectivity index (χ3n) is 2.90. The van der Waals surface area contributed by atoms with Crippen LogP contribution < -0.4 is 10.2 Å². The molecular weight excluding hydrogens is 243 g/mol. The molecule has 0 saturated carbocycles. The zero-order chi connectivity index (χ0) is 10.7. The first kappa shape index (κ1) is 13.6. The van der Waals surface area contributed by atoms with E-state index in [2.05, 4.69) is 35.3 Å². The smallest absolute Gasteiger partial charge is 0.0458 e. The van der Waals surface area contributed by atoms with E-state index < -0.39 is 0 Å². The SMILES string of the molecule is CCc1ccc(N2CCNCC2)cc1Cl.Cl. The summed E-state index contributed by atoms with van der Waals surface area (Å²) in [5.41, 5.74) is 2.48. The Hall–Kier alpha value is -0.440. The van der Waals surface area contributed by atoms with Crippen molar-refractivity contribution < 1.29 is 0 Å². The van der Waals surface area contributed by atoms with Crippen LogP contribution in [0, 0.1) is 0 Å². The van der Waals surface area contributed by atoms with Crippen molar-refractivity contribution in [3.8, 4) is 0 Å². The van der Waals surface area contributed by atoms with Crippen LogP contribution in [0.25, 0.3) is 0 Å². The van der Waals surface area contributed by atoms with Gasteiger partial charge in [-0.25, -0.2) is 0 Å².